The Morgan fingerprint density at radius 3 is 2.53 bits per heavy atom. The molecule has 0 aliphatic heterocycles. The van der Waals surface area contributed by atoms with Crippen LogP contribution in [0.2, 0.25) is 0 Å². The van der Waals surface area contributed by atoms with Crippen molar-refractivity contribution in [2.75, 3.05) is 21.1 Å². The Labute approximate surface area is 103 Å². The first-order chi connectivity index (χ1) is 7.84. The van der Waals surface area contributed by atoms with E-state index in [2.05, 4.69) is 36.1 Å². The lowest BCUT2D eigenvalue weighted by Crippen LogP contribution is -2.35. The van der Waals surface area contributed by atoms with Gasteiger partial charge in [0.1, 0.15) is 5.76 Å². The van der Waals surface area contributed by atoms with Crippen LogP contribution < -0.4 is 5.32 Å². The molecule has 0 saturated heterocycles. The summed E-state index contributed by atoms with van der Waals surface area (Å²) in [5.74, 6) is 2.38. The molecule has 0 aliphatic carbocycles. The fourth-order valence-corrected chi connectivity index (χ4v) is 1.33. The van der Waals surface area contributed by atoms with Crippen molar-refractivity contribution in [1.82, 2.24) is 15.2 Å². The summed E-state index contributed by atoms with van der Waals surface area (Å²) < 4.78 is 5.68. The number of rotatable bonds is 2. The molecule has 0 unspecified atom stereocenters. The van der Waals surface area contributed by atoms with Crippen LogP contribution in [0.25, 0.3) is 0 Å². The van der Waals surface area contributed by atoms with Gasteiger partial charge >= 0.3 is 0 Å². The van der Waals surface area contributed by atoms with Gasteiger partial charge in [-0.25, -0.2) is 4.98 Å². The van der Waals surface area contributed by atoms with E-state index >= 15 is 0 Å². The van der Waals surface area contributed by atoms with Crippen LogP contribution in [0.3, 0.4) is 0 Å². The van der Waals surface area contributed by atoms with Crippen molar-refractivity contribution in [3.63, 3.8) is 0 Å². The van der Waals surface area contributed by atoms with Gasteiger partial charge in [-0.05, 0) is 0 Å². The number of oxazole rings is 1. The molecule has 5 heteroatoms. The third kappa shape index (κ3) is 3.76. The zero-order chi connectivity index (χ0) is 13.1. The van der Waals surface area contributed by atoms with E-state index in [1.165, 1.54) is 0 Å². The number of hydrogen-bond donors (Lipinski definition) is 1. The predicted octanol–water partition coefficient (Wildman–Crippen LogP) is 1.61. The van der Waals surface area contributed by atoms with Gasteiger partial charge < -0.3 is 14.6 Å². The number of guanidine groups is 1. The predicted molar refractivity (Wildman–Crippen MR) is 69.1 cm³/mol. The molecule has 0 radical (unpaired) electrons. The summed E-state index contributed by atoms with van der Waals surface area (Å²) in [4.78, 5) is 10.3. The number of nitrogens with one attached hydrogen (secondary N) is 1. The van der Waals surface area contributed by atoms with Crippen LogP contribution in [0, 0.1) is 0 Å². The highest BCUT2D eigenvalue weighted by molar-refractivity contribution is 5.79. The highest BCUT2D eigenvalue weighted by atomic mass is 16.4. The molecule has 1 rings (SSSR count). The second-order valence-electron chi connectivity index (χ2n) is 5.16. The van der Waals surface area contributed by atoms with Gasteiger partial charge in [-0.2, -0.15) is 0 Å². The van der Waals surface area contributed by atoms with E-state index in [4.69, 9.17) is 4.42 Å². The van der Waals surface area contributed by atoms with E-state index in [-0.39, 0.29) is 5.41 Å². The Balaban J connectivity index is 2.62. The highest BCUT2D eigenvalue weighted by Gasteiger charge is 2.19. The summed E-state index contributed by atoms with van der Waals surface area (Å²) >= 11 is 0. The molecular formula is C12H22N4O. The van der Waals surface area contributed by atoms with Gasteiger partial charge in [0.05, 0.1) is 12.7 Å². The van der Waals surface area contributed by atoms with Crippen LogP contribution in [0.15, 0.2) is 15.6 Å². The molecule has 1 aromatic rings. The second-order valence-corrected chi connectivity index (χ2v) is 5.16. The minimum atomic E-state index is -0.00548. The molecule has 0 fully saturated rings. The van der Waals surface area contributed by atoms with Gasteiger partial charge in [0.2, 0.25) is 5.89 Å². The number of nitrogens with zero attached hydrogens (tertiary/aromatic N) is 3. The van der Waals surface area contributed by atoms with Gasteiger partial charge in [0.15, 0.2) is 5.96 Å². The summed E-state index contributed by atoms with van der Waals surface area (Å²) in [6.07, 6.45) is 1.79. The van der Waals surface area contributed by atoms with E-state index in [9.17, 15) is 0 Å². The lowest BCUT2D eigenvalue weighted by Gasteiger charge is -2.16. The number of aliphatic imine (C=N–C) groups is 1. The summed E-state index contributed by atoms with van der Waals surface area (Å²) in [5.41, 5.74) is -0.00548. The molecule has 0 amide bonds. The fraction of sp³-hybridized carbons (Fsp3) is 0.667. The molecule has 0 saturated carbocycles. The van der Waals surface area contributed by atoms with E-state index in [1.54, 1.807) is 13.2 Å². The van der Waals surface area contributed by atoms with Crippen LogP contribution in [0.4, 0.5) is 0 Å². The Morgan fingerprint density at radius 1 is 1.47 bits per heavy atom. The van der Waals surface area contributed by atoms with Gasteiger partial charge in [-0.15, -0.1) is 0 Å². The van der Waals surface area contributed by atoms with Crippen molar-refractivity contribution >= 4 is 5.96 Å². The van der Waals surface area contributed by atoms with Crippen molar-refractivity contribution in [2.45, 2.75) is 32.7 Å². The first-order valence-electron chi connectivity index (χ1n) is 5.67. The molecule has 0 spiro atoms. The van der Waals surface area contributed by atoms with Crippen molar-refractivity contribution in [1.29, 1.82) is 0 Å². The molecule has 1 aromatic heterocycles. The van der Waals surface area contributed by atoms with Crippen molar-refractivity contribution in [2.24, 2.45) is 4.99 Å². The van der Waals surface area contributed by atoms with Crippen LogP contribution in [-0.4, -0.2) is 37.0 Å². The maximum atomic E-state index is 5.68. The molecule has 0 aliphatic rings. The third-order valence-corrected chi connectivity index (χ3v) is 2.33. The summed E-state index contributed by atoms with van der Waals surface area (Å²) in [5, 5.41) is 3.17. The lowest BCUT2D eigenvalue weighted by atomic mass is 9.94. The molecule has 0 bridgehead atoms. The zero-order valence-corrected chi connectivity index (χ0v) is 11.5. The van der Waals surface area contributed by atoms with Crippen molar-refractivity contribution < 1.29 is 4.42 Å². The van der Waals surface area contributed by atoms with Crippen molar-refractivity contribution in [3.8, 4) is 0 Å². The Hall–Kier alpha value is -1.52. The molecule has 1 N–H and O–H groups in total. The molecule has 96 valence electrons. The Kier molecular flexibility index (Phi) is 4.15. The smallest absolute Gasteiger partial charge is 0.213 e. The molecule has 1 heterocycles. The molecule has 17 heavy (non-hydrogen) atoms. The lowest BCUT2D eigenvalue weighted by molar-refractivity contribution is 0.378. The van der Waals surface area contributed by atoms with E-state index in [1.807, 2.05) is 19.0 Å². The first kappa shape index (κ1) is 13.5. The molecular weight excluding hydrogens is 216 g/mol. The topological polar surface area (TPSA) is 53.7 Å². The first-order valence-corrected chi connectivity index (χ1v) is 5.67. The average Bonchev–Trinajstić information content (AvgIpc) is 2.66. The monoisotopic (exact) mass is 238 g/mol. The zero-order valence-electron chi connectivity index (χ0n) is 11.5. The summed E-state index contributed by atoms with van der Waals surface area (Å²) in [6, 6.07) is 0. The maximum absolute atomic E-state index is 5.68. The van der Waals surface area contributed by atoms with E-state index in [0.29, 0.717) is 12.4 Å². The fourth-order valence-electron chi connectivity index (χ4n) is 1.33. The summed E-state index contributed by atoms with van der Waals surface area (Å²) in [6.45, 7) is 6.84. The second kappa shape index (κ2) is 5.21. The van der Waals surface area contributed by atoms with Crippen LogP contribution in [0.5, 0.6) is 0 Å². The van der Waals surface area contributed by atoms with Crippen molar-refractivity contribution in [3.05, 3.63) is 17.8 Å². The SMILES string of the molecule is CN=C(NCc1ncc(C(C)(C)C)o1)N(C)C. The highest BCUT2D eigenvalue weighted by Crippen LogP contribution is 2.22. The van der Waals surface area contributed by atoms with Gasteiger partial charge in [-0.3, -0.25) is 4.99 Å². The maximum Gasteiger partial charge on any atom is 0.213 e. The van der Waals surface area contributed by atoms with E-state index < -0.39 is 0 Å². The van der Waals surface area contributed by atoms with Gasteiger partial charge in [-0.1, -0.05) is 20.8 Å². The number of aromatic nitrogens is 1. The third-order valence-electron chi connectivity index (χ3n) is 2.33. The van der Waals surface area contributed by atoms with Crippen LogP contribution in [-0.2, 0) is 12.0 Å². The quantitative estimate of drug-likeness (QED) is 0.628. The summed E-state index contributed by atoms with van der Waals surface area (Å²) in [7, 11) is 5.62. The normalized spacial score (nSPS) is 12.7. The largest absolute Gasteiger partial charge is 0.443 e. The van der Waals surface area contributed by atoms with Gasteiger partial charge in [0, 0.05) is 26.6 Å². The Bertz CT molecular complexity index is 387. The van der Waals surface area contributed by atoms with Crippen LogP contribution in [0.1, 0.15) is 32.4 Å². The molecule has 5 nitrogen and oxygen atoms in total. The standard InChI is InChI=1S/C12H22N4O/c1-12(2,3)9-7-14-10(17-9)8-15-11(13-4)16(5)6/h7H,8H2,1-6H3,(H,13,15). The molecule has 0 aromatic carbocycles. The van der Waals surface area contributed by atoms with Gasteiger partial charge in [0.25, 0.3) is 0 Å². The number of hydrogen-bond acceptors (Lipinski definition) is 3. The van der Waals surface area contributed by atoms with E-state index in [0.717, 1.165) is 11.7 Å². The molecule has 0 atom stereocenters. The average molecular weight is 238 g/mol. The minimum absolute atomic E-state index is 0.00548. The Morgan fingerprint density at radius 2 is 2.12 bits per heavy atom. The minimum Gasteiger partial charge on any atom is -0.443 e. The van der Waals surface area contributed by atoms with Crippen LogP contribution >= 0.6 is 0 Å².